The molecule has 19 heavy (non-hydrogen) atoms. The first-order valence-corrected chi connectivity index (χ1v) is 7.53. The normalized spacial score (nSPS) is 20.3. The average Bonchev–Trinajstić information content (AvgIpc) is 3.28. The number of aryl methyl sites for hydroxylation is 1. The number of aliphatic hydroxyl groups excluding tert-OH is 1. The van der Waals surface area contributed by atoms with Crippen LogP contribution in [0.25, 0.3) is 0 Å². The van der Waals surface area contributed by atoms with Gasteiger partial charge in [-0.1, -0.05) is 31.2 Å². The molecule has 0 bridgehead atoms. The third-order valence-corrected chi connectivity index (χ3v) is 4.78. The molecule has 0 saturated heterocycles. The molecule has 3 atom stereocenters. The van der Waals surface area contributed by atoms with Gasteiger partial charge in [0.25, 0.3) is 0 Å². The third-order valence-electron chi connectivity index (χ3n) is 4.78. The zero-order valence-electron chi connectivity index (χ0n) is 12.6. The molecule has 2 nitrogen and oxygen atoms in total. The zero-order chi connectivity index (χ0) is 14.0. The Hall–Kier alpha value is -0.860. The van der Waals surface area contributed by atoms with Crippen LogP contribution in [0.1, 0.15) is 50.8 Å². The lowest BCUT2D eigenvalue weighted by Gasteiger charge is -2.34. The smallest absolute Gasteiger partial charge is 0.0942 e. The standard InChI is InChI=1S/C17H27NO/c1-5-14-6-8-16(9-7-14)17(19)13(3)18(4)12(2)15-10-11-15/h6-9,12-13,15,17,19H,5,10-11H2,1-4H3. The van der Waals surface area contributed by atoms with Crippen molar-refractivity contribution in [2.75, 3.05) is 7.05 Å². The van der Waals surface area contributed by atoms with Crippen LogP contribution in [0.5, 0.6) is 0 Å². The largest absolute Gasteiger partial charge is 0.387 e. The second kappa shape index (κ2) is 6.06. The van der Waals surface area contributed by atoms with Gasteiger partial charge in [0.2, 0.25) is 0 Å². The van der Waals surface area contributed by atoms with E-state index in [0.29, 0.717) is 6.04 Å². The van der Waals surface area contributed by atoms with Gasteiger partial charge < -0.3 is 5.11 Å². The molecule has 1 aliphatic carbocycles. The minimum Gasteiger partial charge on any atom is -0.387 e. The van der Waals surface area contributed by atoms with Gasteiger partial charge in [0.15, 0.2) is 0 Å². The summed E-state index contributed by atoms with van der Waals surface area (Å²) >= 11 is 0. The van der Waals surface area contributed by atoms with Crippen LogP contribution >= 0.6 is 0 Å². The van der Waals surface area contributed by atoms with E-state index in [1.807, 2.05) is 0 Å². The molecule has 2 heteroatoms. The molecule has 1 aliphatic rings. The molecule has 0 aliphatic heterocycles. The van der Waals surface area contributed by atoms with Crippen molar-refractivity contribution in [2.24, 2.45) is 5.92 Å². The van der Waals surface area contributed by atoms with Crippen molar-refractivity contribution in [1.82, 2.24) is 4.90 Å². The van der Waals surface area contributed by atoms with E-state index in [4.69, 9.17) is 0 Å². The molecular weight excluding hydrogens is 234 g/mol. The van der Waals surface area contributed by atoms with Gasteiger partial charge in [0, 0.05) is 12.1 Å². The van der Waals surface area contributed by atoms with Crippen LogP contribution in [-0.4, -0.2) is 29.1 Å². The van der Waals surface area contributed by atoms with Crippen molar-refractivity contribution in [3.05, 3.63) is 35.4 Å². The number of hydrogen-bond donors (Lipinski definition) is 1. The van der Waals surface area contributed by atoms with Crippen molar-refractivity contribution in [3.63, 3.8) is 0 Å². The molecule has 1 saturated carbocycles. The Morgan fingerprint density at radius 1 is 1.21 bits per heavy atom. The highest BCUT2D eigenvalue weighted by Crippen LogP contribution is 2.36. The van der Waals surface area contributed by atoms with E-state index in [-0.39, 0.29) is 6.04 Å². The minimum absolute atomic E-state index is 0.156. The van der Waals surface area contributed by atoms with Gasteiger partial charge >= 0.3 is 0 Å². The highest BCUT2D eigenvalue weighted by molar-refractivity contribution is 5.25. The van der Waals surface area contributed by atoms with Crippen molar-refractivity contribution in [2.45, 2.75) is 58.2 Å². The van der Waals surface area contributed by atoms with E-state index in [2.05, 4.69) is 57.0 Å². The maximum atomic E-state index is 10.5. The minimum atomic E-state index is -0.405. The van der Waals surface area contributed by atoms with Crippen molar-refractivity contribution >= 4 is 0 Å². The van der Waals surface area contributed by atoms with Crippen LogP contribution in [0.15, 0.2) is 24.3 Å². The van der Waals surface area contributed by atoms with E-state index < -0.39 is 6.10 Å². The topological polar surface area (TPSA) is 23.5 Å². The van der Waals surface area contributed by atoms with Crippen LogP contribution in [0.4, 0.5) is 0 Å². The highest BCUT2D eigenvalue weighted by Gasteiger charge is 2.34. The summed E-state index contributed by atoms with van der Waals surface area (Å²) < 4.78 is 0. The molecule has 1 fully saturated rings. The molecule has 1 N–H and O–H groups in total. The average molecular weight is 261 g/mol. The number of benzene rings is 1. The summed E-state index contributed by atoms with van der Waals surface area (Å²) in [5.74, 6) is 0.835. The molecule has 106 valence electrons. The Balaban J connectivity index is 2.02. The Labute approximate surface area is 117 Å². The number of likely N-dealkylation sites (N-methyl/N-ethyl adjacent to an activating group) is 1. The highest BCUT2D eigenvalue weighted by atomic mass is 16.3. The summed E-state index contributed by atoms with van der Waals surface area (Å²) in [5, 5.41) is 10.5. The fourth-order valence-corrected chi connectivity index (χ4v) is 2.73. The SMILES string of the molecule is CCc1ccc(C(O)C(C)N(C)C(C)C2CC2)cc1. The molecule has 0 spiro atoms. The zero-order valence-corrected chi connectivity index (χ0v) is 12.6. The maximum Gasteiger partial charge on any atom is 0.0942 e. The van der Waals surface area contributed by atoms with Crippen molar-refractivity contribution in [3.8, 4) is 0 Å². The lowest BCUT2D eigenvalue weighted by atomic mass is 9.99. The van der Waals surface area contributed by atoms with Gasteiger partial charge in [-0.3, -0.25) is 4.90 Å². The number of hydrogen-bond acceptors (Lipinski definition) is 2. The summed E-state index contributed by atoms with van der Waals surface area (Å²) in [6, 6.07) is 9.10. The summed E-state index contributed by atoms with van der Waals surface area (Å²) in [5.41, 5.74) is 2.35. The van der Waals surface area contributed by atoms with Gasteiger partial charge in [-0.15, -0.1) is 0 Å². The van der Waals surface area contributed by atoms with Crippen LogP contribution in [0.3, 0.4) is 0 Å². The van der Waals surface area contributed by atoms with Gasteiger partial charge in [-0.25, -0.2) is 0 Å². The molecule has 1 aromatic carbocycles. The summed E-state index contributed by atoms with van der Waals surface area (Å²) in [7, 11) is 2.14. The maximum absolute atomic E-state index is 10.5. The van der Waals surface area contributed by atoms with E-state index in [0.717, 1.165) is 17.9 Å². The Bertz CT molecular complexity index is 396. The molecule has 0 aromatic heterocycles. The quantitative estimate of drug-likeness (QED) is 0.848. The van der Waals surface area contributed by atoms with Crippen molar-refractivity contribution < 1.29 is 5.11 Å². The van der Waals surface area contributed by atoms with Crippen LogP contribution in [-0.2, 0) is 6.42 Å². The summed E-state index contributed by atoms with van der Waals surface area (Å²) in [6.45, 7) is 6.55. The van der Waals surface area contributed by atoms with Gasteiger partial charge in [0.05, 0.1) is 6.10 Å². The Morgan fingerprint density at radius 2 is 1.79 bits per heavy atom. The molecule has 2 rings (SSSR count). The van der Waals surface area contributed by atoms with Crippen LogP contribution in [0, 0.1) is 5.92 Å². The monoisotopic (exact) mass is 261 g/mol. The van der Waals surface area contributed by atoms with Crippen molar-refractivity contribution in [1.29, 1.82) is 0 Å². The molecule has 0 radical (unpaired) electrons. The molecule has 1 aromatic rings. The first-order valence-electron chi connectivity index (χ1n) is 7.53. The second-order valence-electron chi connectivity index (χ2n) is 6.02. The molecular formula is C17H27NO. The second-order valence-corrected chi connectivity index (χ2v) is 6.02. The van der Waals surface area contributed by atoms with E-state index >= 15 is 0 Å². The predicted molar refractivity (Wildman–Crippen MR) is 80.2 cm³/mol. The van der Waals surface area contributed by atoms with E-state index in [1.54, 1.807) is 0 Å². The predicted octanol–water partition coefficient (Wildman–Crippen LogP) is 3.40. The first-order chi connectivity index (χ1) is 9.04. The number of rotatable bonds is 6. The third kappa shape index (κ3) is 3.37. The van der Waals surface area contributed by atoms with Crippen LogP contribution < -0.4 is 0 Å². The van der Waals surface area contributed by atoms with Crippen LogP contribution in [0.2, 0.25) is 0 Å². The first kappa shape index (κ1) is 14.5. The van der Waals surface area contributed by atoms with E-state index in [9.17, 15) is 5.11 Å². The van der Waals surface area contributed by atoms with E-state index in [1.165, 1.54) is 18.4 Å². The Kier molecular flexibility index (Phi) is 4.64. The summed E-state index contributed by atoms with van der Waals surface area (Å²) in [6.07, 6.45) is 3.33. The lowest BCUT2D eigenvalue weighted by molar-refractivity contribution is 0.0479. The fraction of sp³-hybridized carbons (Fsp3) is 0.647. The van der Waals surface area contributed by atoms with Gasteiger partial charge in [0.1, 0.15) is 0 Å². The lowest BCUT2D eigenvalue weighted by Crippen LogP contribution is -2.41. The summed E-state index contributed by atoms with van der Waals surface area (Å²) in [4.78, 5) is 2.33. The Morgan fingerprint density at radius 3 is 2.26 bits per heavy atom. The fourth-order valence-electron chi connectivity index (χ4n) is 2.73. The molecule has 0 amide bonds. The molecule has 0 heterocycles. The van der Waals surface area contributed by atoms with Gasteiger partial charge in [-0.2, -0.15) is 0 Å². The molecule has 3 unspecified atom stereocenters. The number of aliphatic hydroxyl groups is 1. The number of nitrogens with zero attached hydrogens (tertiary/aromatic N) is 1. The van der Waals surface area contributed by atoms with Gasteiger partial charge in [-0.05, 0) is 57.2 Å².